The predicted octanol–water partition coefficient (Wildman–Crippen LogP) is 2.61. The zero-order valence-corrected chi connectivity index (χ0v) is 9.91. The van der Waals surface area contributed by atoms with Gasteiger partial charge >= 0.3 is 0 Å². The Bertz CT molecular complexity index is 540. The maximum Gasteiger partial charge on any atom is 0.162 e. The number of halogens is 2. The van der Waals surface area contributed by atoms with Gasteiger partial charge in [0.25, 0.3) is 0 Å². The number of benzene rings is 1. The standard InChI is InChI=1S/C13H14F2N2O/c1-8-5-10(7-18-8)12(17-16)6-9-3-2-4-11(14)13(9)15/h2-5,7,12,17H,6,16H2,1H3. The minimum Gasteiger partial charge on any atom is -0.469 e. The molecule has 2 aromatic rings. The summed E-state index contributed by atoms with van der Waals surface area (Å²) in [5.74, 6) is 4.49. The molecule has 1 aromatic carbocycles. The highest BCUT2D eigenvalue weighted by atomic mass is 19.2. The van der Waals surface area contributed by atoms with Crippen molar-refractivity contribution in [3.05, 3.63) is 59.1 Å². The van der Waals surface area contributed by atoms with Crippen LogP contribution >= 0.6 is 0 Å². The van der Waals surface area contributed by atoms with E-state index in [1.807, 2.05) is 6.07 Å². The molecule has 2 rings (SSSR count). The highest BCUT2D eigenvalue weighted by Gasteiger charge is 2.16. The quantitative estimate of drug-likeness (QED) is 0.649. The van der Waals surface area contributed by atoms with E-state index >= 15 is 0 Å². The molecular formula is C13H14F2N2O. The molecule has 1 atom stereocenters. The fourth-order valence-corrected chi connectivity index (χ4v) is 1.85. The monoisotopic (exact) mass is 252 g/mol. The lowest BCUT2D eigenvalue weighted by molar-refractivity contribution is 0.477. The lowest BCUT2D eigenvalue weighted by atomic mass is 10.0. The van der Waals surface area contributed by atoms with Crippen molar-refractivity contribution in [3.63, 3.8) is 0 Å². The van der Waals surface area contributed by atoms with Gasteiger partial charge in [0.2, 0.25) is 0 Å². The third-order valence-electron chi connectivity index (χ3n) is 2.81. The molecule has 0 amide bonds. The van der Waals surface area contributed by atoms with Gasteiger partial charge in [-0.25, -0.2) is 8.78 Å². The summed E-state index contributed by atoms with van der Waals surface area (Å²) in [7, 11) is 0. The number of rotatable bonds is 4. The van der Waals surface area contributed by atoms with Crippen molar-refractivity contribution in [2.24, 2.45) is 5.84 Å². The average Bonchev–Trinajstić information content (AvgIpc) is 2.78. The van der Waals surface area contributed by atoms with E-state index in [2.05, 4.69) is 5.43 Å². The largest absolute Gasteiger partial charge is 0.469 e. The molecule has 0 fully saturated rings. The van der Waals surface area contributed by atoms with Crippen LogP contribution in [0.25, 0.3) is 0 Å². The highest BCUT2D eigenvalue weighted by molar-refractivity contribution is 5.24. The second-order valence-corrected chi connectivity index (χ2v) is 4.13. The fourth-order valence-electron chi connectivity index (χ4n) is 1.85. The van der Waals surface area contributed by atoms with Crippen LogP contribution in [0.5, 0.6) is 0 Å². The molecule has 5 heteroatoms. The Morgan fingerprint density at radius 3 is 2.78 bits per heavy atom. The van der Waals surface area contributed by atoms with Gasteiger partial charge < -0.3 is 4.42 Å². The van der Waals surface area contributed by atoms with Crippen molar-refractivity contribution < 1.29 is 13.2 Å². The Labute approximate surface area is 104 Å². The number of nitrogens with one attached hydrogen (secondary N) is 1. The normalized spacial score (nSPS) is 12.7. The lowest BCUT2D eigenvalue weighted by Gasteiger charge is -2.14. The van der Waals surface area contributed by atoms with Gasteiger partial charge in [0.05, 0.1) is 12.3 Å². The van der Waals surface area contributed by atoms with Crippen molar-refractivity contribution >= 4 is 0 Å². The molecule has 0 aliphatic heterocycles. The molecule has 0 aliphatic carbocycles. The predicted molar refractivity (Wildman–Crippen MR) is 63.6 cm³/mol. The summed E-state index contributed by atoms with van der Waals surface area (Å²) in [6, 6.07) is 5.59. The highest BCUT2D eigenvalue weighted by Crippen LogP contribution is 2.22. The third-order valence-corrected chi connectivity index (χ3v) is 2.81. The first-order valence-electron chi connectivity index (χ1n) is 5.56. The first-order chi connectivity index (χ1) is 8.61. The molecule has 0 bridgehead atoms. The minimum atomic E-state index is -0.855. The Morgan fingerprint density at radius 2 is 2.17 bits per heavy atom. The van der Waals surface area contributed by atoms with Gasteiger partial charge in [0, 0.05) is 5.56 Å². The van der Waals surface area contributed by atoms with Crippen molar-refractivity contribution in [1.29, 1.82) is 0 Å². The van der Waals surface area contributed by atoms with E-state index in [0.717, 1.165) is 17.4 Å². The Balaban J connectivity index is 2.23. The van der Waals surface area contributed by atoms with Gasteiger partial charge in [-0.15, -0.1) is 0 Å². The van der Waals surface area contributed by atoms with Crippen molar-refractivity contribution in [3.8, 4) is 0 Å². The summed E-state index contributed by atoms with van der Waals surface area (Å²) in [5, 5.41) is 0. The molecule has 0 radical (unpaired) electrons. The van der Waals surface area contributed by atoms with E-state index < -0.39 is 11.6 Å². The molecule has 0 saturated heterocycles. The van der Waals surface area contributed by atoms with Crippen LogP contribution in [-0.4, -0.2) is 0 Å². The summed E-state index contributed by atoms with van der Waals surface area (Å²) in [6.07, 6.45) is 1.80. The van der Waals surface area contributed by atoms with Gasteiger partial charge in [-0.3, -0.25) is 11.3 Å². The second-order valence-electron chi connectivity index (χ2n) is 4.13. The third kappa shape index (κ3) is 2.57. The van der Waals surface area contributed by atoms with E-state index in [1.165, 1.54) is 12.1 Å². The molecule has 0 spiro atoms. The molecule has 3 N–H and O–H groups in total. The zero-order chi connectivity index (χ0) is 13.1. The van der Waals surface area contributed by atoms with Crippen LogP contribution in [0.2, 0.25) is 0 Å². The summed E-state index contributed by atoms with van der Waals surface area (Å²) in [5.41, 5.74) is 3.66. The molecule has 18 heavy (non-hydrogen) atoms. The van der Waals surface area contributed by atoms with Gasteiger partial charge in [-0.2, -0.15) is 0 Å². The number of hydrogen-bond acceptors (Lipinski definition) is 3. The van der Waals surface area contributed by atoms with Gasteiger partial charge in [0.1, 0.15) is 5.76 Å². The van der Waals surface area contributed by atoms with Crippen LogP contribution < -0.4 is 11.3 Å². The first-order valence-corrected chi connectivity index (χ1v) is 5.56. The van der Waals surface area contributed by atoms with Gasteiger partial charge in [-0.1, -0.05) is 12.1 Å². The number of hydrogen-bond donors (Lipinski definition) is 2. The van der Waals surface area contributed by atoms with Crippen LogP contribution in [-0.2, 0) is 6.42 Å². The Hall–Kier alpha value is -1.72. The van der Waals surface area contributed by atoms with Crippen LogP contribution in [0.4, 0.5) is 8.78 Å². The Kier molecular flexibility index (Phi) is 3.74. The molecule has 0 aliphatic rings. The van der Waals surface area contributed by atoms with Crippen molar-refractivity contribution in [2.75, 3.05) is 0 Å². The SMILES string of the molecule is Cc1cc(C(Cc2cccc(F)c2F)NN)co1. The molecule has 1 unspecified atom stereocenters. The zero-order valence-electron chi connectivity index (χ0n) is 9.91. The van der Waals surface area contributed by atoms with Crippen molar-refractivity contribution in [2.45, 2.75) is 19.4 Å². The minimum absolute atomic E-state index is 0.249. The summed E-state index contributed by atoms with van der Waals surface area (Å²) >= 11 is 0. The molecule has 3 nitrogen and oxygen atoms in total. The average molecular weight is 252 g/mol. The number of hydrazine groups is 1. The Morgan fingerprint density at radius 1 is 1.39 bits per heavy atom. The van der Waals surface area contributed by atoms with E-state index in [-0.39, 0.29) is 18.0 Å². The molecule has 1 aromatic heterocycles. The van der Waals surface area contributed by atoms with E-state index in [9.17, 15) is 8.78 Å². The maximum atomic E-state index is 13.6. The number of aryl methyl sites for hydroxylation is 1. The van der Waals surface area contributed by atoms with Gasteiger partial charge in [0.15, 0.2) is 11.6 Å². The topological polar surface area (TPSA) is 51.2 Å². The van der Waals surface area contributed by atoms with Crippen LogP contribution in [0.3, 0.4) is 0 Å². The molecule has 96 valence electrons. The van der Waals surface area contributed by atoms with Crippen LogP contribution in [0, 0.1) is 18.6 Å². The smallest absolute Gasteiger partial charge is 0.162 e. The number of furan rings is 1. The molecule has 1 heterocycles. The molecular weight excluding hydrogens is 238 g/mol. The summed E-state index contributed by atoms with van der Waals surface area (Å²) in [4.78, 5) is 0. The second kappa shape index (κ2) is 5.29. The van der Waals surface area contributed by atoms with Crippen LogP contribution in [0.1, 0.15) is 22.9 Å². The summed E-state index contributed by atoms with van der Waals surface area (Å²) < 4.78 is 31.8. The first kappa shape index (κ1) is 12.7. The van der Waals surface area contributed by atoms with Crippen molar-refractivity contribution in [1.82, 2.24) is 5.43 Å². The van der Waals surface area contributed by atoms with E-state index in [0.29, 0.717) is 0 Å². The maximum absolute atomic E-state index is 13.6. The van der Waals surface area contributed by atoms with E-state index in [1.54, 1.807) is 13.2 Å². The fraction of sp³-hybridized carbons (Fsp3) is 0.231. The number of nitrogens with two attached hydrogens (primary N) is 1. The lowest BCUT2D eigenvalue weighted by Crippen LogP contribution is -2.29. The molecule has 0 saturated carbocycles. The van der Waals surface area contributed by atoms with Gasteiger partial charge in [-0.05, 0) is 31.0 Å². The van der Waals surface area contributed by atoms with Crippen LogP contribution in [0.15, 0.2) is 34.9 Å². The van der Waals surface area contributed by atoms with E-state index in [4.69, 9.17) is 10.3 Å². The summed E-state index contributed by atoms with van der Waals surface area (Å²) in [6.45, 7) is 1.81.